The highest BCUT2D eigenvalue weighted by Crippen LogP contribution is 2.30. The second-order valence-corrected chi connectivity index (χ2v) is 5.59. The summed E-state index contributed by atoms with van der Waals surface area (Å²) in [6.45, 7) is 0.691. The van der Waals surface area contributed by atoms with Gasteiger partial charge in [-0.3, -0.25) is 4.79 Å². The van der Waals surface area contributed by atoms with Gasteiger partial charge in [-0.1, -0.05) is 41.4 Å². The first-order chi connectivity index (χ1) is 10.6. The number of para-hydroxylation sites is 2. The van der Waals surface area contributed by atoms with Crippen LogP contribution in [-0.4, -0.2) is 25.2 Å². The molecule has 3 rings (SSSR count). The molecule has 22 heavy (non-hydrogen) atoms. The lowest BCUT2D eigenvalue weighted by Crippen LogP contribution is -2.40. The summed E-state index contributed by atoms with van der Waals surface area (Å²) in [6.07, 6.45) is -0.253. The molecule has 1 aliphatic heterocycles. The first-order valence-electron chi connectivity index (χ1n) is 6.76. The van der Waals surface area contributed by atoms with Crippen LogP contribution in [0.4, 0.5) is 0 Å². The Labute approximate surface area is 137 Å². The molecular formula is C16H13Cl2NO3. The van der Waals surface area contributed by atoms with E-state index in [2.05, 4.69) is 5.32 Å². The van der Waals surface area contributed by atoms with Gasteiger partial charge in [-0.15, -0.1) is 0 Å². The van der Waals surface area contributed by atoms with Crippen molar-refractivity contribution in [2.24, 2.45) is 0 Å². The Kier molecular flexibility index (Phi) is 4.41. The molecule has 2 aromatic rings. The predicted molar refractivity (Wildman–Crippen MR) is 85.1 cm³/mol. The van der Waals surface area contributed by atoms with Crippen LogP contribution in [0.15, 0.2) is 42.5 Å². The summed E-state index contributed by atoms with van der Waals surface area (Å²) in [7, 11) is 0. The highest BCUT2D eigenvalue weighted by Gasteiger charge is 2.22. The predicted octanol–water partition coefficient (Wildman–Crippen LogP) is 3.56. The molecule has 1 heterocycles. The van der Waals surface area contributed by atoms with Crippen molar-refractivity contribution in [1.29, 1.82) is 0 Å². The largest absolute Gasteiger partial charge is 0.486 e. The molecule has 0 radical (unpaired) electrons. The van der Waals surface area contributed by atoms with E-state index in [1.165, 1.54) is 0 Å². The Morgan fingerprint density at radius 1 is 1.14 bits per heavy atom. The van der Waals surface area contributed by atoms with Gasteiger partial charge in [0.2, 0.25) is 0 Å². The van der Waals surface area contributed by atoms with E-state index in [0.29, 0.717) is 35.2 Å². The Morgan fingerprint density at radius 3 is 2.73 bits per heavy atom. The quantitative estimate of drug-likeness (QED) is 0.931. The average Bonchev–Trinajstić information content (AvgIpc) is 2.55. The van der Waals surface area contributed by atoms with Crippen LogP contribution in [0.3, 0.4) is 0 Å². The van der Waals surface area contributed by atoms with Crippen molar-refractivity contribution in [2.45, 2.75) is 6.10 Å². The Morgan fingerprint density at radius 2 is 1.91 bits per heavy atom. The first kappa shape index (κ1) is 15.0. The Bertz CT molecular complexity index is 706. The molecule has 0 spiro atoms. The lowest BCUT2D eigenvalue weighted by atomic mass is 10.2. The summed E-state index contributed by atoms with van der Waals surface area (Å²) >= 11 is 11.9. The highest BCUT2D eigenvalue weighted by molar-refractivity contribution is 6.43. The molecule has 0 saturated heterocycles. The van der Waals surface area contributed by atoms with Crippen molar-refractivity contribution in [3.8, 4) is 11.5 Å². The number of benzene rings is 2. The molecule has 114 valence electrons. The monoisotopic (exact) mass is 337 g/mol. The summed E-state index contributed by atoms with van der Waals surface area (Å²) in [5.74, 6) is 1.09. The number of halogens is 2. The van der Waals surface area contributed by atoms with Crippen LogP contribution in [0.5, 0.6) is 11.5 Å². The number of fused-ring (bicyclic) bond motifs is 1. The van der Waals surface area contributed by atoms with Gasteiger partial charge in [-0.05, 0) is 24.3 Å². The van der Waals surface area contributed by atoms with Crippen molar-refractivity contribution >= 4 is 29.1 Å². The third-order valence-electron chi connectivity index (χ3n) is 3.25. The van der Waals surface area contributed by atoms with Crippen molar-refractivity contribution in [3.63, 3.8) is 0 Å². The summed E-state index contributed by atoms with van der Waals surface area (Å²) in [6, 6.07) is 12.4. The number of amides is 1. The van der Waals surface area contributed by atoms with E-state index < -0.39 is 0 Å². The molecule has 1 aliphatic rings. The number of ether oxygens (including phenoxy) is 2. The van der Waals surface area contributed by atoms with E-state index in [1.54, 1.807) is 18.2 Å². The van der Waals surface area contributed by atoms with Crippen molar-refractivity contribution < 1.29 is 14.3 Å². The van der Waals surface area contributed by atoms with Gasteiger partial charge in [0.25, 0.3) is 5.91 Å². The number of rotatable bonds is 3. The van der Waals surface area contributed by atoms with Crippen molar-refractivity contribution in [3.05, 3.63) is 58.1 Å². The zero-order valence-electron chi connectivity index (χ0n) is 11.5. The molecule has 0 bridgehead atoms. The van der Waals surface area contributed by atoms with E-state index >= 15 is 0 Å². The van der Waals surface area contributed by atoms with Crippen molar-refractivity contribution in [2.75, 3.05) is 13.2 Å². The lowest BCUT2D eigenvalue weighted by molar-refractivity contribution is 0.0789. The van der Waals surface area contributed by atoms with E-state index in [9.17, 15) is 4.79 Å². The highest BCUT2D eigenvalue weighted by atomic mass is 35.5. The second kappa shape index (κ2) is 6.46. The fourth-order valence-corrected chi connectivity index (χ4v) is 2.53. The molecule has 1 atom stereocenters. The molecule has 6 heteroatoms. The second-order valence-electron chi connectivity index (χ2n) is 4.81. The van der Waals surface area contributed by atoms with E-state index in [-0.39, 0.29) is 17.0 Å². The van der Waals surface area contributed by atoms with E-state index in [4.69, 9.17) is 32.7 Å². The van der Waals surface area contributed by atoms with Crippen LogP contribution < -0.4 is 14.8 Å². The number of carbonyl (C=O) groups excluding carboxylic acids is 1. The van der Waals surface area contributed by atoms with Gasteiger partial charge in [0.05, 0.1) is 22.2 Å². The fraction of sp³-hybridized carbons (Fsp3) is 0.188. The molecule has 0 fully saturated rings. The number of nitrogens with one attached hydrogen (secondary N) is 1. The minimum atomic E-state index is -0.296. The summed E-state index contributed by atoms with van der Waals surface area (Å²) < 4.78 is 11.4. The minimum Gasteiger partial charge on any atom is -0.486 e. The Hall–Kier alpha value is -1.91. The van der Waals surface area contributed by atoms with Crippen LogP contribution in [0.1, 0.15) is 10.4 Å². The third-order valence-corrected chi connectivity index (χ3v) is 4.07. The molecule has 0 saturated carbocycles. The van der Waals surface area contributed by atoms with Gasteiger partial charge < -0.3 is 14.8 Å². The van der Waals surface area contributed by atoms with Crippen LogP contribution in [0.25, 0.3) is 0 Å². The van der Waals surface area contributed by atoms with Crippen LogP contribution in [-0.2, 0) is 0 Å². The smallest absolute Gasteiger partial charge is 0.252 e. The van der Waals surface area contributed by atoms with E-state index in [0.717, 1.165) is 0 Å². The lowest BCUT2D eigenvalue weighted by Gasteiger charge is -2.26. The zero-order valence-corrected chi connectivity index (χ0v) is 13.0. The summed E-state index contributed by atoms with van der Waals surface area (Å²) in [5, 5.41) is 3.37. The van der Waals surface area contributed by atoms with Gasteiger partial charge in [-0.25, -0.2) is 0 Å². The minimum absolute atomic E-state index is 0.243. The fourth-order valence-electron chi connectivity index (χ4n) is 2.14. The molecule has 0 aromatic heterocycles. The molecule has 0 unspecified atom stereocenters. The first-order valence-corrected chi connectivity index (χ1v) is 7.51. The van der Waals surface area contributed by atoms with Gasteiger partial charge in [0.15, 0.2) is 11.5 Å². The zero-order chi connectivity index (χ0) is 15.5. The van der Waals surface area contributed by atoms with Crippen molar-refractivity contribution in [1.82, 2.24) is 5.32 Å². The van der Waals surface area contributed by atoms with Crippen LogP contribution >= 0.6 is 23.2 Å². The third kappa shape index (κ3) is 3.13. The number of hydrogen-bond donors (Lipinski definition) is 1. The molecule has 2 aromatic carbocycles. The number of carbonyl (C=O) groups is 1. The SMILES string of the molecule is O=C(NC[C@@H]1COc2ccccc2O1)c1cccc(Cl)c1Cl. The Balaban J connectivity index is 1.62. The van der Waals surface area contributed by atoms with Gasteiger partial charge in [0.1, 0.15) is 12.7 Å². The molecule has 0 aliphatic carbocycles. The van der Waals surface area contributed by atoms with Gasteiger partial charge in [0, 0.05) is 0 Å². The maximum Gasteiger partial charge on any atom is 0.252 e. The molecular weight excluding hydrogens is 325 g/mol. The molecule has 1 N–H and O–H groups in total. The molecule has 4 nitrogen and oxygen atoms in total. The van der Waals surface area contributed by atoms with E-state index in [1.807, 2.05) is 24.3 Å². The number of hydrogen-bond acceptors (Lipinski definition) is 3. The summed E-state index contributed by atoms with van der Waals surface area (Å²) in [4.78, 5) is 12.2. The van der Waals surface area contributed by atoms with Gasteiger partial charge in [-0.2, -0.15) is 0 Å². The average molecular weight is 338 g/mol. The maximum atomic E-state index is 12.2. The standard InChI is InChI=1S/C16H13Cl2NO3/c17-12-5-3-4-11(15(12)18)16(20)19-8-10-9-21-13-6-1-2-7-14(13)22-10/h1-7,10H,8-9H2,(H,19,20)/t10-/m1/s1. The molecule has 1 amide bonds. The van der Waals surface area contributed by atoms with Crippen LogP contribution in [0, 0.1) is 0 Å². The normalized spacial score (nSPS) is 16.2. The topological polar surface area (TPSA) is 47.6 Å². The van der Waals surface area contributed by atoms with Crippen LogP contribution in [0.2, 0.25) is 10.0 Å². The van der Waals surface area contributed by atoms with Gasteiger partial charge >= 0.3 is 0 Å². The summed E-state index contributed by atoms with van der Waals surface area (Å²) in [5.41, 5.74) is 0.339. The maximum absolute atomic E-state index is 12.2.